The van der Waals surface area contributed by atoms with E-state index in [0.29, 0.717) is 11.5 Å². The number of aromatic nitrogens is 3. The molecule has 3 heterocycles. The molecular weight excluding hydrogens is 455 g/mol. The summed E-state index contributed by atoms with van der Waals surface area (Å²) in [6, 6.07) is 10.2. The van der Waals surface area contributed by atoms with Crippen molar-refractivity contribution in [3.63, 3.8) is 0 Å². The van der Waals surface area contributed by atoms with Gasteiger partial charge < -0.3 is 29.9 Å². The number of phosphoric acid groups is 1. The number of aliphatic hydroxyl groups is 1. The van der Waals surface area contributed by atoms with Crippen molar-refractivity contribution in [1.82, 2.24) is 14.5 Å². The molecule has 0 saturated carbocycles. The Morgan fingerprint density at radius 3 is 2.81 bits per heavy atom. The number of benzene rings is 1. The van der Waals surface area contributed by atoms with E-state index in [2.05, 4.69) is 26.6 Å². The Bertz CT molecular complexity index is 1110. The molecule has 172 valence electrons. The van der Waals surface area contributed by atoms with Gasteiger partial charge in [-0.1, -0.05) is 30.3 Å². The van der Waals surface area contributed by atoms with Crippen molar-refractivity contribution in [1.29, 1.82) is 0 Å². The molecule has 32 heavy (non-hydrogen) atoms. The number of nitrogens with zero attached hydrogens (tertiary/aromatic N) is 3. The van der Waals surface area contributed by atoms with Crippen molar-refractivity contribution in [3.05, 3.63) is 54.0 Å². The average molecular weight is 480 g/mol. The monoisotopic (exact) mass is 480 g/mol. The van der Waals surface area contributed by atoms with Crippen LogP contribution in [-0.2, 0) is 26.0 Å². The standard InChI is InChI=1S/C20H25N4O6PS/c21-19-18-14(6-7-32-11-13-4-2-1-3-5-13)9-24(20(18)23-12-22-19)17-8-15(25)16(30-17)10-29-31(26,27)28/h1-5,9,12,15-17,25H,6-8,10-11H2,(H2,21,22,23)(H2,26,27,28)/t15-,16+,17+/m0/s1. The number of aliphatic hydroxyl groups excluding tert-OH is 1. The van der Waals surface area contributed by atoms with E-state index in [4.69, 9.17) is 20.3 Å². The van der Waals surface area contributed by atoms with Crippen LogP contribution in [0.2, 0.25) is 0 Å². The maximum atomic E-state index is 11.0. The van der Waals surface area contributed by atoms with Crippen molar-refractivity contribution in [2.24, 2.45) is 0 Å². The Balaban J connectivity index is 1.48. The fourth-order valence-corrected chi connectivity index (χ4v) is 5.03. The van der Waals surface area contributed by atoms with Gasteiger partial charge in [0.25, 0.3) is 0 Å². The molecule has 1 aliphatic rings. The third-order valence-corrected chi connectivity index (χ3v) is 6.78. The van der Waals surface area contributed by atoms with Gasteiger partial charge in [-0.15, -0.1) is 0 Å². The SMILES string of the molecule is Nc1ncnc2c1c(CCSCc1ccccc1)cn2[C@H]1C[C@H](O)[C@@H](COP(=O)(O)O)O1. The highest BCUT2D eigenvalue weighted by Gasteiger charge is 2.37. The highest BCUT2D eigenvalue weighted by atomic mass is 32.2. The first-order chi connectivity index (χ1) is 15.3. The Hall–Kier alpha value is -1.98. The summed E-state index contributed by atoms with van der Waals surface area (Å²) < 4.78 is 23.1. The van der Waals surface area contributed by atoms with Crippen molar-refractivity contribution >= 4 is 36.4 Å². The first-order valence-corrected chi connectivity index (χ1v) is 12.8. The highest BCUT2D eigenvalue weighted by molar-refractivity contribution is 7.98. The minimum atomic E-state index is -4.65. The second-order valence-electron chi connectivity index (χ2n) is 7.53. The minimum absolute atomic E-state index is 0.227. The van der Waals surface area contributed by atoms with Gasteiger partial charge in [0.15, 0.2) is 0 Å². The quantitative estimate of drug-likeness (QED) is 0.265. The number of aryl methyl sites for hydroxylation is 1. The van der Waals surface area contributed by atoms with E-state index in [1.54, 1.807) is 4.57 Å². The topological polar surface area (TPSA) is 153 Å². The first kappa shape index (κ1) is 23.2. The lowest BCUT2D eigenvalue weighted by atomic mass is 10.2. The largest absolute Gasteiger partial charge is 0.469 e. The van der Waals surface area contributed by atoms with E-state index < -0.39 is 32.9 Å². The number of hydrogen-bond acceptors (Lipinski definition) is 8. The lowest BCUT2D eigenvalue weighted by Crippen LogP contribution is -2.25. The zero-order chi connectivity index (χ0) is 22.7. The lowest BCUT2D eigenvalue weighted by molar-refractivity contribution is -0.0422. The van der Waals surface area contributed by atoms with Gasteiger partial charge >= 0.3 is 7.82 Å². The zero-order valence-corrected chi connectivity index (χ0v) is 18.9. The van der Waals surface area contributed by atoms with Crippen LogP contribution in [0.1, 0.15) is 23.8 Å². The van der Waals surface area contributed by atoms with Crippen LogP contribution in [0, 0.1) is 0 Å². The lowest BCUT2D eigenvalue weighted by Gasteiger charge is -2.16. The molecule has 0 unspecified atom stereocenters. The van der Waals surface area contributed by atoms with E-state index in [-0.39, 0.29) is 6.42 Å². The third-order valence-electron chi connectivity index (χ3n) is 5.27. The predicted octanol–water partition coefficient (Wildman–Crippen LogP) is 2.25. The first-order valence-electron chi connectivity index (χ1n) is 10.1. The number of nitrogen functional groups attached to an aromatic ring is 1. The number of ether oxygens (including phenoxy) is 1. The molecule has 1 fully saturated rings. The molecule has 5 N–H and O–H groups in total. The van der Waals surface area contributed by atoms with Gasteiger partial charge in [-0.3, -0.25) is 4.52 Å². The maximum absolute atomic E-state index is 11.0. The van der Waals surface area contributed by atoms with E-state index >= 15 is 0 Å². The fraction of sp³-hybridized carbons (Fsp3) is 0.400. The Kier molecular flexibility index (Phi) is 7.16. The molecule has 1 aromatic carbocycles. The number of phosphoric ester groups is 1. The van der Waals surface area contributed by atoms with Crippen molar-refractivity contribution in [2.75, 3.05) is 18.1 Å². The Labute approximate surface area is 189 Å². The van der Waals surface area contributed by atoms with Gasteiger partial charge in [-0.25, -0.2) is 14.5 Å². The number of thioether (sulfide) groups is 1. The van der Waals surface area contributed by atoms with Gasteiger partial charge in [-0.2, -0.15) is 11.8 Å². The van der Waals surface area contributed by atoms with Crippen LogP contribution in [-0.4, -0.2) is 54.0 Å². The molecule has 1 aliphatic heterocycles. The maximum Gasteiger partial charge on any atom is 0.469 e. The van der Waals surface area contributed by atoms with Gasteiger partial charge in [0.1, 0.15) is 30.1 Å². The van der Waals surface area contributed by atoms with Gasteiger partial charge in [0.05, 0.1) is 18.1 Å². The molecule has 0 bridgehead atoms. The average Bonchev–Trinajstić information content (AvgIpc) is 3.31. The highest BCUT2D eigenvalue weighted by Crippen LogP contribution is 2.39. The van der Waals surface area contributed by atoms with Crippen LogP contribution in [0.25, 0.3) is 11.0 Å². The van der Waals surface area contributed by atoms with E-state index in [1.165, 1.54) is 11.9 Å². The van der Waals surface area contributed by atoms with E-state index in [9.17, 15) is 9.67 Å². The van der Waals surface area contributed by atoms with Crippen LogP contribution in [0.15, 0.2) is 42.9 Å². The summed E-state index contributed by atoms with van der Waals surface area (Å²) in [4.78, 5) is 26.3. The molecule has 0 spiro atoms. The number of hydrogen-bond donors (Lipinski definition) is 4. The molecule has 0 aliphatic carbocycles. The summed E-state index contributed by atoms with van der Waals surface area (Å²) in [7, 11) is -4.65. The van der Waals surface area contributed by atoms with Crippen molar-refractivity contribution in [2.45, 2.75) is 37.0 Å². The number of fused-ring (bicyclic) bond motifs is 1. The van der Waals surface area contributed by atoms with Crippen LogP contribution < -0.4 is 5.73 Å². The van der Waals surface area contributed by atoms with E-state index in [1.807, 2.05) is 36.2 Å². The summed E-state index contributed by atoms with van der Waals surface area (Å²) in [6.07, 6.45) is 1.88. The fourth-order valence-electron chi connectivity index (χ4n) is 3.75. The summed E-state index contributed by atoms with van der Waals surface area (Å²) in [5.41, 5.74) is 8.98. The normalized spacial score (nSPS) is 21.4. The molecule has 0 radical (unpaired) electrons. The van der Waals surface area contributed by atoms with Gasteiger partial charge in [0.2, 0.25) is 0 Å². The van der Waals surface area contributed by atoms with E-state index in [0.717, 1.165) is 28.9 Å². The Morgan fingerprint density at radius 2 is 2.06 bits per heavy atom. The van der Waals surface area contributed by atoms with Crippen LogP contribution in [0.4, 0.5) is 5.82 Å². The van der Waals surface area contributed by atoms with Crippen LogP contribution >= 0.6 is 19.6 Å². The van der Waals surface area contributed by atoms with Crippen LogP contribution in [0.5, 0.6) is 0 Å². The molecule has 12 heteroatoms. The van der Waals surface area contributed by atoms with Crippen LogP contribution in [0.3, 0.4) is 0 Å². The number of rotatable bonds is 9. The van der Waals surface area contributed by atoms with Gasteiger partial charge in [0, 0.05) is 18.4 Å². The number of nitrogens with two attached hydrogens (primary N) is 1. The molecule has 10 nitrogen and oxygen atoms in total. The third kappa shape index (κ3) is 5.49. The molecule has 0 amide bonds. The summed E-state index contributed by atoms with van der Waals surface area (Å²) in [5.74, 6) is 2.15. The van der Waals surface area contributed by atoms with Gasteiger partial charge in [-0.05, 0) is 23.3 Å². The smallest absolute Gasteiger partial charge is 0.390 e. The second-order valence-corrected chi connectivity index (χ2v) is 9.87. The van der Waals surface area contributed by atoms with Crippen molar-refractivity contribution < 1.29 is 28.7 Å². The molecule has 2 aromatic heterocycles. The second kappa shape index (κ2) is 9.88. The molecule has 3 aromatic rings. The summed E-state index contributed by atoms with van der Waals surface area (Å²) >= 11 is 1.81. The molecule has 1 saturated heterocycles. The number of anilines is 1. The summed E-state index contributed by atoms with van der Waals surface area (Å²) in [6.45, 7) is -0.415. The Morgan fingerprint density at radius 1 is 1.28 bits per heavy atom. The molecule has 3 atom stereocenters. The molecule has 4 rings (SSSR count). The molecular formula is C20H25N4O6PS. The summed E-state index contributed by atoms with van der Waals surface area (Å²) in [5, 5.41) is 11.1. The zero-order valence-electron chi connectivity index (χ0n) is 17.1. The van der Waals surface area contributed by atoms with Crippen molar-refractivity contribution in [3.8, 4) is 0 Å². The predicted molar refractivity (Wildman–Crippen MR) is 121 cm³/mol. The minimum Gasteiger partial charge on any atom is -0.390 e.